The number of nitrogens with one attached hydrogen (secondary N) is 2. The van der Waals surface area contributed by atoms with E-state index in [4.69, 9.17) is 18.0 Å². The van der Waals surface area contributed by atoms with Crippen molar-refractivity contribution in [2.45, 2.75) is 38.1 Å². The first-order valence-electron chi connectivity index (χ1n) is 7.01. The minimum atomic E-state index is 0.250. The minimum Gasteiger partial charge on any atom is -0.376 e. The number of thiocarbonyl (C=S) groups is 1. The van der Waals surface area contributed by atoms with E-state index in [0.717, 1.165) is 25.1 Å². The lowest BCUT2D eigenvalue weighted by atomic mass is 9.93. The Morgan fingerprint density at radius 1 is 1.45 bits per heavy atom. The topological polar surface area (TPSA) is 75.3 Å². The average Bonchev–Trinajstić information content (AvgIpc) is 2.39. The maximum atomic E-state index is 5.51. The summed E-state index contributed by atoms with van der Waals surface area (Å²) in [6.07, 6.45) is 7.34. The van der Waals surface area contributed by atoms with Crippen LogP contribution in [0, 0.1) is 0 Å². The van der Waals surface area contributed by atoms with E-state index in [9.17, 15) is 0 Å². The van der Waals surface area contributed by atoms with Gasteiger partial charge in [-0.05, 0) is 56.5 Å². The molecule has 0 amide bonds. The molecule has 0 aliphatic heterocycles. The summed E-state index contributed by atoms with van der Waals surface area (Å²) in [7, 11) is 0. The normalized spacial score (nSPS) is 15.5. The van der Waals surface area contributed by atoms with Crippen LogP contribution < -0.4 is 16.4 Å². The summed E-state index contributed by atoms with van der Waals surface area (Å²) in [6.45, 7) is 0.723. The van der Waals surface area contributed by atoms with Crippen LogP contribution in [0.2, 0.25) is 0 Å². The first-order valence-corrected chi connectivity index (χ1v) is 7.42. The second-order valence-electron chi connectivity index (χ2n) is 4.92. The van der Waals surface area contributed by atoms with E-state index in [2.05, 4.69) is 20.6 Å². The Kier molecular flexibility index (Phi) is 5.73. The van der Waals surface area contributed by atoms with Crippen molar-refractivity contribution in [2.75, 3.05) is 6.54 Å². The molecule has 0 saturated heterocycles. The molecule has 1 aromatic heterocycles. The maximum Gasteiger partial charge on any atom is 0.197 e. The molecule has 1 fully saturated rings. The van der Waals surface area contributed by atoms with Gasteiger partial charge in [-0.3, -0.25) is 9.98 Å². The third-order valence-corrected chi connectivity index (χ3v) is 3.38. The van der Waals surface area contributed by atoms with Crippen molar-refractivity contribution in [3.8, 4) is 0 Å². The zero-order valence-corrected chi connectivity index (χ0v) is 12.3. The van der Waals surface area contributed by atoms with Gasteiger partial charge < -0.3 is 16.4 Å². The van der Waals surface area contributed by atoms with Gasteiger partial charge in [-0.2, -0.15) is 0 Å². The Bertz CT molecular complexity index is 456. The number of aliphatic imine (C=N–C) groups is 1. The number of hydrogen-bond donors (Lipinski definition) is 3. The summed E-state index contributed by atoms with van der Waals surface area (Å²) in [6, 6.07) is 6.47. The van der Waals surface area contributed by atoms with Gasteiger partial charge in [0.2, 0.25) is 0 Å². The van der Waals surface area contributed by atoms with Gasteiger partial charge in [-0.15, -0.1) is 0 Å². The molecule has 6 heteroatoms. The molecule has 4 N–H and O–H groups in total. The van der Waals surface area contributed by atoms with Gasteiger partial charge in [0, 0.05) is 24.5 Å². The summed E-state index contributed by atoms with van der Waals surface area (Å²) in [5, 5.41) is 6.50. The second kappa shape index (κ2) is 7.79. The van der Waals surface area contributed by atoms with E-state index in [1.807, 2.05) is 24.4 Å². The highest BCUT2D eigenvalue weighted by Gasteiger charge is 2.18. The SMILES string of the molecule is NC(=S)NC(=NCCCc1ccccn1)NC1CCC1. The van der Waals surface area contributed by atoms with Crippen LogP contribution in [0.4, 0.5) is 0 Å². The fourth-order valence-electron chi connectivity index (χ4n) is 1.98. The van der Waals surface area contributed by atoms with Crippen molar-refractivity contribution in [3.05, 3.63) is 30.1 Å². The summed E-state index contributed by atoms with van der Waals surface area (Å²) in [4.78, 5) is 8.79. The molecule has 0 unspecified atom stereocenters. The van der Waals surface area contributed by atoms with Crippen LogP contribution in [0.5, 0.6) is 0 Å². The van der Waals surface area contributed by atoms with E-state index in [0.29, 0.717) is 12.0 Å². The molecule has 0 aromatic carbocycles. The van der Waals surface area contributed by atoms with Gasteiger partial charge in [-0.25, -0.2) is 0 Å². The standard InChI is InChI=1S/C14H21N5S/c15-13(20)19-14(18-12-6-3-7-12)17-10-4-8-11-5-1-2-9-16-11/h1-2,5,9,12H,3-4,6-8,10H2,(H4,15,17,18,19,20). The van der Waals surface area contributed by atoms with Gasteiger partial charge in [0.05, 0.1) is 0 Å². The number of aryl methyl sites for hydroxylation is 1. The number of nitrogens with two attached hydrogens (primary N) is 1. The summed E-state index contributed by atoms with van der Waals surface area (Å²) < 4.78 is 0. The lowest BCUT2D eigenvalue weighted by molar-refractivity contribution is 0.381. The number of pyridine rings is 1. The zero-order chi connectivity index (χ0) is 14.2. The highest BCUT2D eigenvalue weighted by Crippen LogP contribution is 2.17. The van der Waals surface area contributed by atoms with Crippen LogP contribution >= 0.6 is 12.2 Å². The van der Waals surface area contributed by atoms with Crippen molar-refractivity contribution in [1.82, 2.24) is 15.6 Å². The van der Waals surface area contributed by atoms with Crippen LogP contribution in [-0.4, -0.2) is 28.6 Å². The molecule has 1 aliphatic rings. The van der Waals surface area contributed by atoms with Gasteiger partial charge in [0.25, 0.3) is 0 Å². The van der Waals surface area contributed by atoms with Crippen molar-refractivity contribution in [2.24, 2.45) is 10.7 Å². The number of guanidine groups is 1. The molecule has 5 nitrogen and oxygen atoms in total. The van der Waals surface area contributed by atoms with Gasteiger partial charge in [0.1, 0.15) is 0 Å². The van der Waals surface area contributed by atoms with E-state index in [1.165, 1.54) is 19.3 Å². The Balaban J connectivity index is 1.76. The van der Waals surface area contributed by atoms with Crippen LogP contribution in [0.25, 0.3) is 0 Å². The zero-order valence-electron chi connectivity index (χ0n) is 11.5. The van der Waals surface area contributed by atoms with E-state index in [1.54, 1.807) is 0 Å². The predicted octanol–water partition coefficient (Wildman–Crippen LogP) is 1.35. The number of nitrogens with zero attached hydrogens (tertiary/aromatic N) is 2. The number of aromatic nitrogens is 1. The summed E-state index contributed by atoms with van der Waals surface area (Å²) >= 11 is 4.87. The molecular weight excluding hydrogens is 270 g/mol. The molecule has 1 aliphatic carbocycles. The number of hydrogen-bond acceptors (Lipinski definition) is 3. The van der Waals surface area contributed by atoms with E-state index in [-0.39, 0.29) is 5.11 Å². The maximum absolute atomic E-state index is 5.51. The summed E-state index contributed by atoms with van der Waals surface area (Å²) in [5.74, 6) is 0.697. The minimum absolute atomic E-state index is 0.250. The molecular formula is C14H21N5S. The Morgan fingerprint density at radius 3 is 2.90 bits per heavy atom. The second-order valence-corrected chi connectivity index (χ2v) is 5.36. The predicted molar refractivity (Wildman–Crippen MR) is 85.6 cm³/mol. The molecule has 1 saturated carbocycles. The third kappa shape index (κ3) is 5.13. The Labute approximate surface area is 125 Å². The molecule has 0 radical (unpaired) electrons. The Hall–Kier alpha value is -1.69. The van der Waals surface area contributed by atoms with Crippen molar-refractivity contribution in [3.63, 3.8) is 0 Å². The van der Waals surface area contributed by atoms with Crippen molar-refractivity contribution < 1.29 is 0 Å². The first-order chi connectivity index (χ1) is 9.74. The highest BCUT2D eigenvalue weighted by molar-refractivity contribution is 7.80. The highest BCUT2D eigenvalue weighted by atomic mass is 32.1. The fraction of sp³-hybridized carbons (Fsp3) is 0.500. The molecule has 0 spiro atoms. The monoisotopic (exact) mass is 291 g/mol. The lowest BCUT2D eigenvalue weighted by Gasteiger charge is -2.28. The molecule has 1 heterocycles. The molecule has 1 aromatic rings. The number of rotatable bonds is 5. The van der Waals surface area contributed by atoms with Crippen LogP contribution in [0.1, 0.15) is 31.4 Å². The van der Waals surface area contributed by atoms with Crippen molar-refractivity contribution in [1.29, 1.82) is 0 Å². The molecule has 0 atom stereocenters. The summed E-state index contributed by atoms with van der Waals surface area (Å²) in [5.41, 5.74) is 6.61. The molecule has 108 valence electrons. The van der Waals surface area contributed by atoms with Gasteiger partial charge in [0.15, 0.2) is 11.1 Å². The van der Waals surface area contributed by atoms with E-state index < -0.39 is 0 Å². The first kappa shape index (κ1) is 14.7. The molecule has 0 bridgehead atoms. The van der Waals surface area contributed by atoms with Crippen molar-refractivity contribution >= 4 is 23.3 Å². The van der Waals surface area contributed by atoms with Crippen LogP contribution in [0.3, 0.4) is 0 Å². The van der Waals surface area contributed by atoms with Crippen LogP contribution in [0.15, 0.2) is 29.4 Å². The Morgan fingerprint density at radius 2 is 2.30 bits per heavy atom. The lowest BCUT2D eigenvalue weighted by Crippen LogP contribution is -2.49. The van der Waals surface area contributed by atoms with Gasteiger partial charge >= 0.3 is 0 Å². The average molecular weight is 291 g/mol. The molecule has 2 rings (SSSR count). The fourth-order valence-corrected chi connectivity index (χ4v) is 2.08. The van der Waals surface area contributed by atoms with Crippen LogP contribution in [-0.2, 0) is 6.42 Å². The molecule has 20 heavy (non-hydrogen) atoms. The largest absolute Gasteiger partial charge is 0.376 e. The van der Waals surface area contributed by atoms with Gasteiger partial charge in [-0.1, -0.05) is 6.07 Å². The third-order valence-electron chi connectivity index (χ3n) is 3.27. The quantitative estimate of drug-likeness (QED) is 0.330. The smallest absolute Gasteiger partial charge is 0.197 e. The van der Waals surface area contributed by atoms with E-state index >= 15 is 0 Å².